The third kappa shape index (κ3) is 6.31. The van der Waals surface area contributed by atoms with E-state index in [1.807, 2.05) is 54.6 Å². The molecule has 0 aliphatic rings. The molecule has 2 N–H and O–H groups in total. The predicted molar refractivity (Wildman–Crippen MR) is 103 cm³/mol. The zero-order valence-electron chi connectivity index (χ0n) is 15.2. The lowest BCUT2D eigenvalue weighted by atomic mass is 10.0. The summed E-state index contributed by atoms with van der Waals surface area (Å²) in [6.45, 7) is 1.20. The first-order valence-electron chi connectivity index (χ1n) is 8.48. The van der Waals surface area contributed by atoms with Crippen LogP contribution in [0.5, 0.6) is 0 Å². The van der Waals surface area contributed by atoms with Crippen LogP contribution in [-0.4, -0.2) is 57.1 Å². The van der Waals surface area contributed by atoms with Gasteiger partial charge in [-0.3, -0.25) is 14.5 Å². The van der Waals surface area contributed by atoms with E-state index in [9.17, 15) is 9.59 Å². The Morgan fingerprint density at radius 3 is 2.35 bits per heavy atom. The number of nitrogens with one attached hydrogen (secondary N) is 2. The van der Waals surface area contributed by atoms with Crippen LogP contribution in [-0.2, 0) is 14.3 Å². The third-order valence-electron chi connectivity index (χ3n) is 3.74. The van der Waals surface area contributed by atoms with Gasteiger partial charge in [-0.25, -0.2) is 0 Å². The number of hydrogen-bond donors (Lipinski definition) is 2. The molecule has 0 atom stereocenters. The zero-order chi connectivity index (χ0) is 18.8. The molecular weight excluding hydrogens is 330 g/mol. The highest BCUT2D eigenvalue weighted by Crippen LogP contribution is 2.27. The third-order valence-corrected chi connectivity index (χ3v) is 3.74. The lowest BCUT2D eigenvalue weighted by Crippen LogP contribution is -2.39. The summed E-state index contributed by atoms with van der Waals surface area (Å²) < 4.78 is 4.88. The minimum absolute atomic E-state index is 0.126. The van der Waals surface area contributed by atoms with Gasteiger partial charge in [0.2, 0.25) is 11.8 Å². The van der Waals surface area contributed by atoms with Gasteiger partial charge in [0.15, 0.2) is 0 Å². The maximum absolute atomic E-state index is 12.3. The van der Waals surface area contributed by atoms with Gasteiger partial charge in [0.25, 0.3) is 0 Å². The van der Waals surface area contributed by atoms with Crippen LogP contribution in [0.3, 0.4) is 0 Å². The molecule has 0 saturated heterocycles. The summed E-state index contributed by atoms with van der Waals surface area (Å²) in [5, 5.41) is 5.66. The number of likely N-dealkylation sites (N-methyl/N-ethyl adjacent to an activating group) is 1. The number of hydrogen-bond acceptors (Lipinski definition) is 4. The van der Waals surface area contributed by atoms with E-state index < -0.39 is 0 Å². The van der Waals surface area contributed by atoms with E-state index in [1.165, 1.54) is 0 Å². The molecule has 0 bridgehead atoms. The first-order valence-corrected chi connectivity index (χ1v) is 8.48. The first-order chi connectivity index (χ1) is 12.6. The summed E-state index contributed by atoms with van der Waals surface area (Å²) in [7, 11) is 3.31. The Kier molecular flexibility index (Phi) is 7.79. The summed E-state index contributed by atoms with van der Waals surface area (Å²) in [5.74, 6) is -0.303. The fourth-order valence-electron chi connectivity index (χ4n) is 2.55. The van der Waals surface area contributed by atoms with Crippen LogP contribution in [0.25, 0.3) is 11.1 Å². The van der Waals surface area contributed by atoms with Crippen LogP contribution in [0.1, 0.15) is 0 Å². The number of para-hydroxylation sites is 1. The molecule has 26 heavy (non-hydrogen) atoms. The highest BCUT2D eigenvalue weighted by molar-refractivity contribution is 5.96. The van der Waals surface area contributed by atoms with Crippen molar-refractivity contribution < 1.29 is 14.3 Å². The van der Waals surface area contributed by atoms with E-state index in [2.05, 4.69) is 10.6 Å². The van der Waals surface area contributed by atoms with Gasteiger partial charge in [-0.1, -0.05) is 48.5 Å². The average molecular weight is 355 g/mol. The standard InChI is InChI=1S/C20H25N3O3/c1-23(14-19(24)21-12-13-26-2)15-20(25)22-18-11-7-6-10-17(18)16-8-4-3-5-9-16/h3-11H,12-15H2,1-2H3,(H,21,24)(H,22,25). The van der Waals surface area contributed by atoms with E-state index >= 15 is 0 Å². The molecule has 6 heteroatoms. The number of carbonyl (C=O) groups excluding carboxylic acids is 2. The van der Waals surface area contributed by atoms with Gasteiger partial charge in [-0.15, -0.1) is 0 Å². The Bertz CT molecular complexity index is 719. The van der Waals surface area contributed by atoms with Crippen molar-refractivity contribution in [3.63, 3.8) is 0 Å². The minimum Gasteiger partial charge on any atom is -0.383 e. The minimum atomic E-state index is -0.166. The molecule has 6 nitrogen and oxygen atoms in total. The number of nitrogens with zero attached hydrogens (tertiary/aromatic N) is 1. The Labute approximate surface area is 154 Å². The Morgan fingerprint density at radius 1 is 0.962 bits per heavy atom. The number of methoxy groups -OCH3 is 1. The van der Waals surface area contributed by atoms with Crippen molar-refractivity contribution >= 4 is 17.5 Å². The molecule has 0 unspecified atom stereocenters. The van der Waals surface area contributed by atoms with Crippen molar-refractivity contribution in [2.24, 2.45) is 0 Å². The first kappa shape index (κ1) is 19.6. The Morgan fingerprint density at radius 2 is 1.62 bits per heavy atom. The van der Waals surface area contributed by atoms with Crippen molar-refractivity contribution in [1.29, 1.82) is 0 Å². The Balaban J connectivity index is 1.91. The molecule has 2 amide bonds. The van der Waals surface area contributed by atoms with Gasteiger partial charge in [0.05, 0.1) is 19.7 Å². The van der Waals surface area contributed by atoms with Crippen LogP contribution in [0.15, 0.2) is 54.6 Å². The lowest BCUT2D eigenvalue weighted by molar-refractivity contribution is -0.123. The van der Waals surface area contributed by atoms with Crippen molar-refractivity contribution in [3.8, 4) is 11.1 Å². The van der Waals surface area contributed by atoms with Crippen LogP contribution < -0.4 is 10.6 Å². The highest BCUT2D eigenvalue weighted by atomic mass is 16.5. The molecule has 2 rings (SSSR count). The van der Waals surface area contributed by atoms with E-state index in [0.717, 1.165) is 16.8 Å². The number of amides is 2. The summed E-state index contributed by atoms with van der Waals surface area (Å²) in [6, 6.07) is 17.5. The number of rotatable bonds is 9. The number of anilines is 1. The van der Waals surface area contributed by atoms with Crippen LogP contribution in [0.2, 0.25) is 0 Å². The number of benzene rings is 2. The fourth-order valence-corrected chi connectivity index (χ4v) is 2.55. The molecule has 2 aromatic carbocycles. The van der Waals surface area contributed by atoms with Gasteiger partial charge in [-0.2, -0.15) is 0 Å². The fraction of sp³-hybridized carbons (Fsp3) is 0.300. The monoisotopic (exact) mass is 355 g/mol. The van der Waals surface area contributed by atoms with Crippen molar-refractivity contribution in [2.45, 2.75) is 0 Å². The van der Waals surface area contributed by atoms with Gasteiger partial charge in [-0.05, 0) is 18.7 Å². The van der Waals surface area contributed by atoms with Crippen LogP contribution >= 0.6 is 0 Å². The van der Waals surface area contributed by atoms with Gasteiger partial charge >= 0.3 is 0 Å². The lowest BCUT2D eigenvalue weighted by Gasteiger charge is -2.17. The quantitative estimate of drug-likeness (QED) is 0.675. The highest BCUT2D eigenvalue weighted by Gasteiger charge is 2.12. The molecule has 0 saturated carbocycles. The van der Waals surface area contributed by atoms with E-state index in [1.54, 1.807) is 19.1 Å². The maximum Gasteiger partial charge on any atom is 0.238 e. The maximum atomic E-state index is 12.3. The van der Waals surface area contributed by atoms with Crippen molar-refractivity contribution in [3.05, 3.63) is 54.6 Å². The SMILES string of the molecule is COCCNC(=O)CN(C)CC(=O)Nc1ccccc1-c1ccccc1. The predicted octanol–water partition coefficient (Wildman–Crippen LogP) is 1.99. The summed E-state index contributed by atoms with van der Waals surface area (Å²) in [5.41, 5.74) is 2.75. The number of carbonyl (C=O) groups is 2. The van der Waals surface area contributed by atoms with Crippen molar-refractivity contribution in [2.75, 3.05) is 45.7 Å². The van der Waals surface area contributed by atoms with E-state index in [0.29, 0.717) is 13.2 Å². The molecule has 0 aromatic heterocycles. The van der Waals surface area contributed by atoms with Gasteiger partial charge in [0, 0.05) is 24.9 Å². The summed E-state index contributed by atoms with van der Waals surface area (Å²) in [6.07, 6.45) is 0. The number of ether oxygens (including phenoxy) is 1. The molecule has 0 fully saturated rings. The smallest absolute Gasteiger partial charge is 0.238 e. The summed E-state index contributed by atoms with van der Waals surface area (Å²) in [4.78, 5) is 25.8. The second-order valence-electron chi connectivity index (χ2n) is 5.97. The molecule has 2 aromatic rings. The topological polar surface area (TPSA) is 70.7 Å². The molecule has 0 radical (unpaired) electrons. The van der Waals surface area contributed by atoms with Crippen LogP contribution in [0, 0.1) is 0 Å². The van der Waals surface area contributed by atoms with E-state index in [4.69, 9.17) is 4.74 Å². The normalized spacial score (nSPS) is 10.6. The second-order valence-corrected chi connectivity index (χ2v) is 5.97. The molecule has 0 spiro atoms. The second kappa shape index (κ2) is 10.3. The molecule has 0 aliphatic carbocycles. The van der Waals surface area contributed by atoms with Crippen molar-refractivity contribution in [1.82, 2.24) is 10.2 Å². The zero-order valence-corrected chi connectivity index (χ0v) is 15.2. The Hall–Kier alpha value is -2.70. The molecular formula is C20H25N3O3. The molecule has 138 valence electrons. The van der Waals surface area contributed by atoms with E-state index in [-0.39, 0.29) is 24.9 Å². The van der Waals surface area contributed by atoms with Crippen LogP contribution in [0.4, 0.5) is 5.69 Å². The summed E-state index contributed by atoms with van der Waals surface area (Å²) >= 11 is 0. The largest absolute Gasteiger partial charge is 0.383 e. The van der Waals surface area contributed by atoms with Gasteiger partial charge < -0.3 is 15.4 Å². The van der Waals surface area contributed by atoms with Gasteiger partial charge in [0.1, 0.15) is 0 Å². The average Bonchev–Trinajstić information content (AvgIpc) is 2.63. The molecule has 0 aliphatic heterocycles. The molecule has 0 heterocycles.